The van der Waals surface area contributed by atoms with E-state index in [-0.39, 0.29) is 12.3 Å². The zero-order valence-electron chi connectivity index (χ0n) is 23.2. The summed E-state index contributed by atoms with van der Waals surface area (Å²) in [6.07, 6.45) is 8.28. The monoisotopic (exact) mass is 565 g/mol. The first-order valence-electron chi connectivity index (χ1n) is 13.6. The van der Waals surface area contributed by atoms with Crippen LogP contribution in [0.4, 0.5) is 10.2 Å². The predicted molar refractivity (Wildman–Crippen MR) is 152 cm³/mol. The average molecular weight is 566 g/mol. The van der Waals surface area contributed by atoms with Gasteiger partial charge in [0.05, 0.1) is 24.4 Å². The van der Waals surface area contributed by atoms with Gasteiger partial charge in [-0.2, -0.15) is 10.4 Å². The number of hydrogen-bond donors (Lipinski definition) is 1. The first-order valence-corrected chi connectivity index (χ1v) is 13.6. The normalized spacial score (nSPS) is 19.3. The number of nitrogens with zero attached hydrogens (tertiary/aromatic N) is 7. The van der Waals surface area contributed by atoms with Crippen molar-refractivity contribution in [1.82, 2.24) is 24.5 Å². The van der Waals surface area contributed by atoms with Gasteiger partial charge >= 0.3 is 0 Å². The molecule has 7 rings (SSSR count). The molecule has 3 aliphatic heterocycles. The van der Waals surface area contributed by atoms with Crippen LogP contribution in [0.3, 0.4) is 0 Å². The smallest absolute Gasteiger partial charge is 0.250 e. The number of carbonyl (C=O) groups excluding carboxylic acids is 1. The predicted octanol–water partition coefficient (Wildman–Crippen LogP) is 2.97. The van der Waals surface area contributed by atoms with Crippen LogP contribution in [0.15, 0.2) is 49.1 Å². The molecule has 0 aliphatic carbocycles. The molecule has 2 bridgehead atoms. The van der Waals surface area contributed by atoms with E-state index in [1.165, 1.54) is 19.4 Å². The summed E-state index contributed by atoms with van der Waals surface area (Å²) in [5.41, 5.74) is 2.16. The van der Waals surface area contributed by atoms with Crippen molar-refractivity contribution in [2.24, 2.45) is 0 Å². The van der Waals surface area contributed by atoms with Gasteiger partial charge in [-0.05, 0) is 42.7 Å². The van der Waals surface area contributed by atoms with Crippen LogP contribution in [0.2, 0.25) is 0 Å². The van der Waals surface area contributed by atoms with Crippen LogP contribution < -0.4 is 9.64 Å². The van der Waals surface area contributed by atoms with E-state index in [1.807, 2.05) is 18.2 Å². The Hall–Kier alpha value is -4.84. The van der Waals surface area contributed by atoms with Gasteiger partial charge in [0.25, 0.3) is 0 Å². The summed E-state index contributed by atoms with van der Waals surface area (Å²) in [5, 5.41) is 24.3. The Bertz CT molecular complexity index is 1760. The number of pyridine rings is 3. The molecule has 3 unspecified atom stereocenters. The van der Waals surface area contributed by atoms with Gasteiger partial charge in [0.15, 0.2) is 17.7 Å². The third-order valence-corrected chi connectivity index (χ3v) is 8.04. The number of piperazine rings is 1. The number of carbonyl (C=O) groups is 1. The molecule has 0 aromatic carbocycles. The zero-order valence-corrected chi connectivity index (χ0v) is 23.2. The number of aromatic nitrogens is 4. The Labute approximate surface area is 242 Å². The lowest BCUT2D eigenvalue weighted by Gasteiger charge is -2.56. The van der Waals surface area contributed by atoms with E-state index in [9.17, 15) is 19.6 Å². The minimum absolute atomic E-state index is 0.00213. The SMILES string of the molecule is CCC(O)(C#Cc1cc(-c2ccc(N3CC4CC(C3)N4Cc3cnc(OC)c(F)c3)nc2)c2c(C#N)cnn2c1)C=O. The van der Waals surface area contributed by atoms with Crippen LogP contribution in [0.5, 0.6) is 5.88 Å². The van der Waals surface area contributed by atoms with Crippen molar-refractivity contribution < 1.29 is 19.0 Å². The lowest BCUT2D eigenvalue weighted by Crippen LogP contribution is -2.68. The highest BCUT2D eigenvalue weighted by Gasteiger charge is 2.44. The van der Waals surface area contributed by atoms with Gasteiger partial charge in [0.1, 0.15) is 11.9 Å². The van der Waals surface area contributed by atoms with Crippen LogP contribution in [0.25, 0.3) is 16.6 Å². The molecule has 11 heteroatoms. The van der Waals surface area contributed by atoms with Crippen LogP contribution in [0.1, 0.15) is 36.5 Å². The highest BCUT2D eigenvalue weighted by Crippen LogP contribution is 2.36. The van der Waals surface area contributed by atoms with Gasteiger partial charge in [-0.1, -0.05) is 18.8 Å². The van der Waals surface area contributed by atoms with Gasteiger partial charge < -0.3 is 14.7 Å². The molecule has 3 fully saturated rings. The van der Waals surface area contributed by atoms with Gasteiger partial charge in [-0.3, -0.25) is 9.69 Å². The number of rotatable bonds is 7. The molecule has 0 radical (unpaired) electrons. The van der Waals surface area contributed by atoms with Gasteiger partial charge in [0.2, 0.25) is 5.88 Å². The number of methoxy groups -OCH3 is 1. The maximum absolute atomic E-state index is 14.1. The Morgan fingerprint density at radius 3 is 2.67 bits per heavy atom. The molecule has 0 spiro atoms. The number of ether oxygens (including phenoxy) is 1. The van der Waals surface area contributed by atoms with Crippen LogP contribution in [-0.4, -0.2) is 73.8 Å². The highest BCUT2D eigenvalue weighted by atomic mass is 19.1. The number of anilines is 1. The first kappa shape index (κ1) is 27.3. The fourth-order valence-electron chi connectivity index (χ4n) is 5.65. The number of piperidine rings is 1. The summed E-state index contributed by atoms with van der Waals surface area (Å²) >= 11 is 0. The lowest BCUT2D eigenvalue weighted by molar-refractivity contribution is -0.119. The lowest BCUT2D eigenvalue weighted by atomic mass is 9.87. The summed E-state index contributed by atoms with van der Waals surface area (Å²) in [5.74, 6) is 5.92. The first-order chi connectivity index (χ1) is 20.3. The van der Waals surface area contributed by atoms with Crippen molar-refractivity contribution in [2.45, 2.75) is 44.0 Å². The van der Waals surface area contributed by atoms with Crippen LogP contribution in [0, 0.1) is 29.0 Å². The Kier molecular flexibility index (Phi) is 7.07. The van der Waals surface area contributed by atoms with Crippen molar-refractivity contribution in [3.63, 3.8) is 0 Å². The van der Waals surface area contributed by atoms with Crippen molar-refractivity contribution in [1.29, 1.82) is 5.26 Å². The maximum Gasteiger partial charge on any atom is 0.250 e. The Balaban J connectivity index is 1.22. The van der Waals surface area contributed by atoms with E-state index in [0.29, 0.717) is 47.1 Å². The van der Waals surface area contributed by atoms with Crippen molar-refractivity contribution in [3.8, 4) is 34.9 Å². The standard InChI is InChI=1S/C31H28FN7O3/c1-3-31(41,19-40)7-6-20-8-26(29-23(11-33)14-36-39(29)16-20)22-4-5-28(34-13-22)37-17-24-10-25(18-37)38(24)15-21-9-27(32)30(42-2)35-12-21/h4-5,8-9,12-14,16,19,24-25,41H,3,10,15,17-18H2,1-2H3. The Morgan fingerprint density at radius 2 is 2.02 bits per heavy atom. The molecule has 0 saturated carbocycles. The quantitative estimate of drug-likeness (QED) is 0.266. The minimum Gasteiger partial charge on any atom is -0.479 e. The molecular formula is C31H28FN7O3. The van der Waals surface area contributed by atoms with E-state index in [1.54, 1.807) is 30.0 Å². The highest BCUT2D eigenvalue weighted by molar-refractivity contribution is 5.85. The molecule has 3 aliphatic rings. The van der Waals surface area contributed by atoms with E-state index in [0.717, 1.165) is 36.5 Å². The molecule has 0 amide bonds. The molecule has 10 nitrogen and oxygen atoms in total. The largest absolute Gasteiger partial charge is 0.479 e. The molecule has 3 atom stereocenters. The summed E-state index contributed by atoms with van der Waals surface area (Å²) in [6, 6.07) is 10.1. The number of fused-ring (bicyclic) bond motifs is 3. The number of halogens is 1. The van der Waals surface area contributed by atoms with Crippen molar-refractivity contribution >= 4 is 17.6 Å². The molecule has 1 N–H and O–H groups in total. The molecule has 4 aromatic heterocycles. The molecular weight excluding hydrogens is 537 g/mol. The van der Waals surface area contributed by atoms with Crippen LogP contribution >= 0.6 is 0 Å². The molecule has 212 valence electrons. The molecule has 42 heavy (non-hydrogen) atoms. The van der Waals surface area contributed by atoms with Gasteiger partial charge in [-0.15, -0.1) is 0 Å². The second kappa shape index (κ2) is 10.9. The number of aldehydes is 1. The Morgan fingerprint density at radius 1 is 1.21 bits per heavy atom. The third kappa shape index (κ3) is 4.94. The molecule has 3 saturated heterocycles. The van der Waals surface area contributed by atoms with E-state index < -0.39 is 11.4 Å². The molecule has 7 heterocycles. The van der Waals surface area contributed by atoms with E-state index in [2.05, 4.69) is 37.8 Å². The number of nitriles is 1. The van der Waals surface area contributed by atoms with E-state index in [4.69, 9.17) is 9.72 Å². The summed E-state index contributed by atoms with van der Waals surface area (Å²) in [4.78, 5) is 24.8. The number of hydrogen-bond acceptors (Lipinski definition) is 9. The minimum atomic E-state index is -1.73. The topological polar surface area (TPSA) is 120 Å². The van der Waals surface area contributed by atoms with Gasteiger partial charge in [-0.25, -0.2) is 18.9 Å². The second-order valence-corrected chi connectivity index (χ2v) is 10.6. The van der Waals surface area contributed by atoms with Gasteiger partial charge in [0, 0.05) is 67.0 Å². The summed E-state index contributed by atoms with van der Waals surface area (Å²) in [6.45, 7) is 3.93. The van der Waals surface area contributed by atoms with Crippen molar-refractivity contribution in [2.75, 3.05) is 25.1 Å². The summed E-state index contributed by atoms with van der Waals surface area (Å²) in [7, 11) is 1.40. The zero-order chi connectivity index (χ0) is 29.4. The third-order valence-electron chi connectivity index (χ3n) is 8.04. The number of aliphatic hydroxyl groups is 1. The fraction of sp³-hybridized carbons (Fsp3) is 0.323. The van der Waals surface area contributed by atoms with Crippen LogP contribution in [-0.2, 0) is 11.3 Å². The molecule has 4 aromatic rings. The maximum atomic E-state index is 14.1. The average Bonchev–Trinajstić information content (AvgIpc) is 3.45. The van der Waals surface area contributed by atoms with Crippen molar-refractivity contribution in [3.05, 3.63) is 71.6 Å². The van der Waals surface area contributed by atoms with E-state index >= 15 is 0 Å². The second-order valence-electron chi connectivity index (χ2n) is 10.6. The fourth-order valence-corrected chi connectivity index (χ4v) is 5.65. The summed E-state index contributed by atoms with van der Waals surface area (Å²) < 4.78 is 20.6.